The number of alkyl halides is 4. The molecule has 130 valence electrons. The zero-order chi connectivity index (χ0) is 17.5. The van der Waals surface area contributed by atoms with Gasteiger partial charge in [-0.25, -0.2) is 14.2 Å². The molecule has 24 heavy (non-hydrogen) atoms. The lowest BCUT2D eigenvalue weighted by atomic mass is 10.2. The summed E-state index contributed by atoms with van der Waals surface area (Å²) in [5, 5.41) is 14.1. The molecule has 0 unspecified atom stereocenters. The third kappa shape index (κ3) is 3.24. The van der Waals surface area contributed by atoms with Crippen LogP contribution in [0.25, 0.3) is 5.65 Å². The molecule has 1 aliphatic rings. The lowest BCUT2D eigenvalue weighted by Gasteiger charge is -2.17. The minimum atomic E-state index is -4.71. The normalized spacial score (nSPS) is 21.3. The van der Waals surface area contributed by atoms with Crippen LogP contribution in [0.2, 0.25) is 0 Å². The van der Waals surface area contributed by atoms with Gasteiger partial charge in [0, 0.05) is 24.9 Å². The van der Waals surface area contributed by atoms with Crippen LogP contribution in [0.3, 0.4) is 0 Å². The van der Waals surface area contributed by atoms with Crippen LogP contribution in [0.5, 0.6) is 0 Å². The van der Waals surface area contributed by atoms with E-state index < -0.39 is 46.2 Å². The second kappa shape index (κ2) is 6.09. The van der Waals surface area contributed by atoms with Gasteiger partial charge < -0.3 is 15.7 Å². The van der Waals surface area contributed by atoms with Gasteiger partial charge in [0.15, 0.2) is 11.3 Å². The molecule has 0 saturated carbocycles. The molecule has 2 aromatic heterocycles. The molecular weight excluding hydrogens is 354 g/mol. The van der Waals surface area contributed by atoms with E-state index in [4.69, 9.17) is 5.11 Å². The predicted octanol–water partition coefficient (Wildman–Crippen LogP) is 1.76. The number of carboxylic acid groups (broad SMARTS) is 1. The van der Waals surface area contributed by atoms with E-state index in [9.17, 15) is 22.4 Å². The average Bonchev–Trinajstić information content (AvgIpc) is 3.03. The molecule has 0 aliphatic carbocycles. The highest BCUT2D eigenvalue weighted by atomic mass is 32.2. The van der Waals surface area contributed by atoms with Crippen molar-refractivity contribution in [1.82, 2.24) is 19.7 Å². The van der Waals surface area contributed by atoms with Gasteiger partial charge in [-0.05, 0) is 0 Å². The summed E-state index contributed by atoms with van der Waals surface area (Å²) in [5.41, 5.74) is -5.53. The minimum Gasteiger partial charge on any atom is -0.476 e. The van der Waals surface area contributed by atoms with Gasteiger partial charge in [0.05, 0.1) is 18.4 Å². The number of hydrogen-bond donors (Lipinski definition) is 3. The van der Waals surface area contributed by atoms with E-state index in [0.29, 0.717) is 0 Å². The Balaban J connectivity index is 2.10. The lowest BCUT2D eigenvalue weighted by molar-refractivity contribution is -0.0329. The van der Waals surface area contributed by atoms with Crippen molar-refractivity contribution in [3.05, 3.63) is 18.1 Å². The Kier molecular flexibility index (Phi) is 4.25. The van der Waals surface area contributed by atoms with Gasteiger partial charge in [0.25, 0.3) is 0 Å². The van der Waals surface area contributed by atoms with Crippen LogP contribution in [0.15, 0.2) is 17.4 Å². The topological polar surface area (TPSA) is 91.5 Å². The number of nitrogens with one attached hydrogen (secondary N) is 2. The number of aromatic nitrogens is 3. The molecule has 3 heterocycles. The van der Waals surface area contributed by atoms with E-state index in [1.54, 1.807) is 0 Å². The first-order valence-electron chi connectivity index (χ1n) is 6.73. The molecule has 2 atom stereocenters. The second-order valence-electron chi connectivity index (χ2n) is 5.03. The van der Waals surface area contributed by atoms with E-state index in [0.717, 1.165) is 10.6 Å². The minimum absolute atomic E-state index is 0.0376. The fourth-order valence-electron chi connectivity index (χ4n) is 2.40. The predicted molar refractivity (Wildman–Crippen MR) is 77.0 cm³/mol. The van der Waals surface area contributed by atoms with E-state index >= 15 is 0 Å². The van der Waals surface area contributed by atoms with Crippen molar-refractivity contribution < 1.29 is 27.5 Å². The van der Waals surface area contributed by atoms with Crippen LogP contribution in [-0.2, 0) is 0 Å². The maximum atomic E-state index is 13.7. The molecule has 0 amide bonds. The first kappa shape index (κ1) is 16.8. The fourth-order valence-corrected chi connectivity index (χ4v) is 3.13. The van der Waals surface area contributed by atoms with Crippen LogP contribution in [0.1, 0.15) is 10.5 Å². The Morgan fingerprint density at radius 1 is 1.42 bits per heavy atom. The van der Waals surface area contributed by atoms with Gasteiger partial charge in [-0.15, -0.1) is 0 Å². The molecular formula is C12H11F4N5O2S. The Hall–Kier alpha value is -2.08. The first-order chi connectivity index (χ1) is 11.3. The highest BCUT2D eigenvalue weighted by molar-refractivity contribution is 8.00. The maximum Gasteiger partial charge on any atom is 0.447 e. The number of rotatable bonds is 4. The van der Waals surface area contributed by atoms with Crippen molar-refractivity contribution >= 4 is 29.2 Å². The van der Waals surface area contributed by atoms with Crippen molar-refractivity contribution in [1.29, 1.82) is 0 Å². The summed E-state index contributed by atoms with van der Waals surface area (Å²) < 4.78 is 53.2. The van der Waals surface area contributed by atoms with E-state index in [2.05, 4.69) is 20.6 Å². The lowest BCUT2D eigenvalue weighted by Crippen LogP contribution is -2.30. The number of thioether (sulfide) groups is 1. The average molecular weight is 365 g/mol. The smallest absolute Gasteiger partial charge is 0.447 e. The van der Waals surface area contributed by atoms with Crippen molar-refractivity contribution in [3.8, 4) is 0 Å². The Bertz CT molecular complexity index is 781. The Labute approximate surface area is 136 Å². The number of halogens is 4. The third-order valence-electron chi connectivity index (χ3n) is 3.38. The van der Waals surface area contributed by atoms with Gasteiger partial charge in [-0.1, -0.05) is 0 Å². The highest BCUT2D eigenvalue weighted by Crippen LogP contribution is 2.40. The number of fused-ring (bicyclic) bond motifs is 1. The van der Waals surface area contributed by atoms with Crippen molar-refractivity contribution in [2.45, 2.75) is 22.7 Å². The number of carboxylic acids is 1. The number of aromatic carboxylic acids is 1. The summed E-state index contributed by atoms with van der Waals surface area (Å²) >= 11 is -0.593. The summed E-state index contributed by atoms with van der Waals surface area (Å²) in [6.07, 6.45) is 1.10. The van der Waals surface area contributed by atoms with Crippen molar-refractivity contribution in [2.24, 2.45) is 0 Å². The SMILES string of the molecule is O=C(O)c1nc2cncc(N[C@@H]3CNC[C@@H]3F)n2c1SC(F)(F)F. The number of hydrogen-bond acceptors (Lipinski definition) is 6. The first-order valence-corrected chi connectivity index (χ1v) is 7.55. The second-order valence-corrected chi connectivity index (χ2v) is 6.08. The quantitative estimate of drug-likeness (QED) is 0.562. The molecule has 1 aliphatic heterocycles. The number of nitrogens with zero attached hydrogens (tertiary/aromatic N) is 3. The molecule has 3 N–H and O–H groups in total. The van der Waals surface area contributed by atoms with E-state index in [-0.39, 0.29) is 24.6 Å². The Morgan fingerprint density at radius 3 is 2.75 bits per heavy atom. The Morgan fingerprint density at radius 2 is 2.17 bits per heavy atom. The molecule has 2 aromatic rings. The van der Waals surface area contributed by atoms with Crippen LogP contribution < -0.4 is 10.6 Å². The molecule has 0 bridgehead atoms. The molecule has 7 nitrogen and oxygen atoms in total. The highest BCUT2D eigenvalue weighted by Gasteiger charge is 2.35. The summed E-state index contributed by atoms with van der Waals surface area (Å²) in [5.74, 6) is -1.56. The number of carbonyl (C=O) groups is 1. The van der Waals surface area contributed by atoms with E-state index in [1.165, 1.54) is 6.20 Å². The fraction of sp³-hybridized carbons (Fsp3) is 0.417. The van der Waals surface area contributed by atoms with E-state index in [1.807, 2.05) is 0 Å². The molecule has 1 fully saturated rings. The standard InChI is InChI=1S/C12H11F4N5O2S/c13-5-1-17-2-6(5)19-7-3-18-4-8-20-9(11(22)23)10(21(7)8)24-12(14,15)16/h3-6,17,19H,1-2H2,(H,22,23)/t5-,6+/m0/s1. The van der Waals surface area contributed by atoms with Crippen LogP contribution in [-0.4, -0.2) is 56.3 Å². The summed E-state index contributed by atoms with van der Waals surface area (Å²) in [4.78, 5) is 18.7. The molecule has 1 saturated heterocycles. The van der Waals surface area contributed by atoms with Crippen LogP contribution in [0.4, 0.5) is 23.4 Å². The molecule has 0 radical (unpaired) electrons. The molecule has 0 aromatic carbocycles. The van der Waals surface area contributed by atoms with Gasteiger partial charge in [-0.2, -0.15) is 13.2 Å². The summed E-state index contributed by atoms with van der Waals surface area (Å²) in [7, 11) is 0. The largest absolute Gasteiger partial charge is 0.476 e. The third-order valence-corrected chi connectivity index (χ3v) is 4.18. The zero-order valence-corrected chi connectivity index (χ0v) is 12.7. The molecule has 12 heteroatoms. The zero-order valence-electron chi connectivity index (χ0n) is 11.8. The van der Waals surface area contributed by atoms with Crippen LogP contribution in [0, 0.1) is 0 Å². The van der Waals surface area contributed by atoms with Crippen molar-refractivity contribution in [3.63, 3.8) is 0 Å². The summed E-state index contributed by atoms with van der Waals surface area (Å²) in [6, 6.07) is -0.670. The van der Waals surface area contributed by atoms with Gasteiger partial charge in [-0.3, -0.25) is 9.38 Å². The number of imidazole rings is 1. The van der Waals surface area contributed by atoms with Gasteiger partial charge >= 0.3 is 11.5 Å². The number of anilines is 1. The van der Waals surface area contributed by atoms with Gasteiger partial charge in [0.2, 0.25) is 0 Å². The van der Waals surface area contributed by atoms with Crippen LogP contribution >= 0.6 is 11.8 Å². The maximum absolute atomic E-state index is 13.7. The van der Waals surface area contributed by atoms with Crippen molar-refractivity contribution in [2.75, 3.05) is 18.4 Å². The summed E-state index contributed by atoms with van der Waals surface area (Å²) in [6.45, 7) is 0.398. The monoisotopic (exact) mass is 365 g/mol. The molecule has 3 rings (SSSR count). The molecule has 0 spiro atoms. The van der Waals surface area contributed by atoms with Gasteiger partial charge in [0.1, 0.15) is 17.0 Å².